The molecule has 2 N–H and O–H groups in total. The molecular weight excluding hydrogens is 301 g/mol. The molecular formula is C16H22NO4P. The Hall–Kier alpha value is -1.58. The normalized spacial score (nSPS) is 26.0. The van der Waals surface area contributed by atoms with Crippen LogP contribution in [0.2, 0.25) is 0 Å². The predicted octanol–water partition coefficient (Wildman–Crippen LogP) is 3.71. The summed E-state index contributed by atoms with van der Waals surface area (Å²) in [6.07, 6.45) is 1.86. The van der Waals surface area contributed by atoms with E-state index in [4.69, 9.17) is 9.63 Å². The zero-order valence-corrected chi connectivity index (χ0v) is 13.6. The summed E-state index contributed by atoms with van der Waals surface area (Å²) in [6.45, 7) is 5.77. The van der Waals surface area contributed by atoms with Gasteiger partial charge in [0.1, 0.15) is 5.28 Å². The Labute approximate surface area is 130 Å². The summed E-state index contributed by atoms with van der Waals surface area (Å²) in [5, 5.41) is 10.5. The van der Waals surface area contributed by atoms with Crippen LogP contribution in [0, 0.1) is 5.92 Å². The quantitative estimate of drug-likeness (QED) is 0.565. The summed E-state index contributed by atoms with van der Waals surface area (Å²) in [6, 6.07) is 9.70. The van der Waals surface area contributed by atoms with Crippen molar-refractivity contribution in [2.24, 2.45) is 5.92 Å². The standard InChI is InChI=1S/C16H22NO4P/c1-3-14-12-16(14,17-15(18)19)22(20,21-4-2)11-10-13-8-6-5-7-9-13/h3,5-9,14,17H,1,4,10-12H2,2H3,(H,18,19)/t14-,16+,22+/m1/s1. The maximum Gasteiger partial charge on any atom is 0.405 e. The Balaban J connectivity index is 2.21. The van der Waals surface area contributed by atoms with Gasteiger partial charge in [-0.25, -0.2) is 4.79 Å². The summed E-state index contributed by atoms with van der Waals surface area (Å²) in [5.74, 6) is -0.142. The molecule has 22 heavy (non-hydrogen) atoms. The predicted molar refractivity (Wildman–Crippen MR) is 86.4 cm³/mol. The Bertz CT molecular complexity index is 589. The average molecular weight is 323 g/mol. The van der Waals surface area contributed by atoms with E-state index in [1.165, 1.54) is 0 Å². The highest BCUT2D eigenvalue weighted by molar-refractivity contribution is 7.61. The van der Waals surface area contributed by atoms with Gasteiger partial charge in [-0.3, -0.25) is 4.57 Å². The van der Waals surface area contributed by atoms with Crippen LogP contribution in [0.4, 0.5) is 4.79 Å². The summed E-state index contributed by atoms with van der Waals surface area (Å²) in [5.41, 5.74) is 1.06. The van der Waals surface area contributed by atoms with Gasteiger partial charge in [0.2, 0.25) is 7.37 Å². The van der Waals surface area contributed by atoms with Gasteiger partial charge in [0, 0.05) is 12.1 Å². The molecule has 0 unspecified atom stereocenters. The maximum absolute atomic E-state index is 13.4. The molecule has 0 bridgehead atoms. The summed E-state index contributed by atoms with van der Waals surface area (Å²) >= 11 is 0. The van der Waals surface area contributed by atoms with Crippen LogP contribution in [-0.2, 0) is 15.5 Å². The van der Waals surface area contributed by atoms with Crippen molar-refractivity contribution < 1.29 is 19.0 Å². The SMILES string of the molecule is C=C[C@@H]1C[C@]1(NC(=O)O)[P@](=O)(CCc1ccccc1)OCC. The number of carboxylic acid groups (broad SMARTS) is 1. The molecule has 3 atom stereocenters. The van der Waals surface area contributed by atoms with Crippen LogP contribution < -0.4 is 5.32 Å². The molecule has 1 amide bonds. The molecule has 1 aliphatic carbocycles. The Morgan fingerprint density at radius 1 is 1.55 bits per heavy atom. The van der Waals surface area contributed by atoms with Crippen LogP contribution in [0.15, 0.2) is 43.0 Å². The first kappa shape index (κ1) is 16.8. The number of nitrogens with one attached hydrogen (secondary N) is 1. The third-order valence-electron chi connectivity index (χ3n) is 4.08. The minimum atomic E-state index is -3.17. The van der Waals surface area contributed by atoms with Crippen LogP contribution in [0.3, 0.4) is 0 Å². The van der Waals surface area contributed by atoms with E-state index in [0.29, 0.717) is 25.6 Å². The summed E-state index contributed by atoms with van der Waals surface area (Å²) < 4.78 is 19.0. The molecule has 120 valence electrons. The van der Waals surface area contributed by atoms with Crippen molar-refractivity contribution in [3.63, 3.8) is 0 Å². The van der Waals surface area contributed by atoms with Crippen molar-refractivity contribution in [2.75, 3.05) is 12.8 Å². The van der Waals surface area contributed by atoms with E-state index >= 15 is 0 Å². The van der Waals surface area contributed by atoms with Crippen molar-refractivity contribution in [3.8, 4) is 0 Å². The minimum Gasteiger partial charge on any atom is -0.465 e. The highest BCUT2D eigenvalue weighted by Gasteiger charge is 2.66. The number of rotatable bonds is 8. The van der Waals surface area contributed by atoms with Gasteiger partial charge in [-0.15, -0.1) is 6.58 Å². The molecule has 2 rings (SSSR count). The maximum atomic E-state index is 13.4. The van der Waals surface area contributed by atoms with E-state index in [2.05, 4.69) is 11.9 Å². The van der Waals surface area contributed by atoms with Gasteiger partial charge >= 0.3 is 6.09 Å². The van der Waals surface area contributed by atoms with E-state index in [0.717, 1.165) is 5.56 Å². The third-order valence-corrected chi connectivity index (χ3v) is 7.41. The Kier molecular flexibility index (Phi) is 5.09. The molecule has 0 radical (unpaired) electrons. The van der Waals surface area contributed by atoms with Crippen LogP contribution >= 0.6 is 7.37 Å². The van der Waals surface area contributed by atoms with E-state index in [-0.39, 0.29) is 5.92 Å². The Morgan fingerprint density at radius 2 is 2.23 bits per heavy atom. The Morgan fingerprint density at radius 3 is 2.73 bits per heavy atom. The van der Waals surface area contributed by atoms with Crippen LogP contribution in [0.5, 0.6) is 0 Å². The van der Waals surface area contributed by atoms with Gasteiger partial charge in [-0.1, -0.05) is 36.4 Å². The van der Waals surface area contributed by atoms with Crippen LogP contribution in [0.25, 0.3) is 0 Å². The fourth-order valence-electron chi connectivity index (χ4n) is 2.87. The van der Waals surface area contributed by atoms with Gasteiger partial charge in [0.25, 0.3) is 0 Å². The molecule has 1 aromatic carbocycles. The first-order valence-electron chi connectivity index (χ1n) is 7.38. The van der Waals surface area contributed by atoms with E-state index in [1.807, 2.05) is 30.3 Å². The van der Waals surface area contributed by atoms with Crippen LogP contribution in [-0.4, -0.2) is 29.2 Å². The second-order valence-corrected chi connectivity index (χ2v) is 8.30. The third kappa shape index (κ3) is 3.26. The largest absolute Gasteiger partial charge is 0.465 e. The lowest BCUT2D eigenvalue weighted by molar-refractivity contribution is 0.190. The van der Waals surface area contributed by atoms with E-state index in [9.17, 15) is 9.36 Å². The lowest BCUT2D eigenvalue weighted by Gasteiger charge is -2.28. The van der Waals surface area contributed by atoms with Crippen molar-refractivity contribution in [3.05, 3.63) is 48.6 Å². The molecule has 0 spiro atoms. The fourth-order valence-corrected chi connectivity index (χ4v) is 5.95. The van der Waals surface area contributed by atoms with Crippen LogP contribution in [0.1, 0.15) is 18.9 Å². The average Bonchev–Trinajstić information content (AvgIpc) is 3.21. The van der Waals surface area contributed by atoms with E-state index < -0.39 is 18.7 Å². The molecule has 1 saturated carbocycles. The lowest BCUT2D eigenvalue weighted by atomic mass is 10.2. The smallest absolute Gasteiger partial charge is 0.405 e. The van der Waals surface area contributed by atoms with Gasteiger partial charge in [0.15, 0.2) is 0 Å². The topological polar surface area (TPSA) is 75.6 Å². The molecule has 1 aromatic rings. The number of hydrogen-bond donors (Lipinski definition) is 2. The van der Waals surface area contributed by atoms with E-state index in [1.54, 1.807) is 13.0 Å². The minimum absolute atomic E-state index is 0.142. The van der Waals surface area contributed by atoms with Crippen molar-refractivity contribution >= 4 is 13.5 Å². The lowest BCUT2D eigenvalue weighted by Crippen LogP contribution is -2.38. The molecule has 0 saturated heterocycles. The second-order valence-electron chi connectivity index (χ2n) is 5.45. The fraction of sp³-hybridized carbons (Fsp3) is 0.438. The highest BCUT2D eigenvalue weighted by Crippen LogP contribution is 2.72. The van der Waals surface area contributed by atoms with Gasteiger partial charge < -0.3 is 14.9 Å². The molecule has 5 nitrogen and oxygen atoms in total. The zero-order valence-electron chi connectivity index (χ0n) is 12.7. The number of aryl methyl sites for hydroxylation is 1. The van der Waals surface area contributed by atoms with Crippen molar-refractivity contribution in [1.82, 2.24) is 5.32 Å². The van der Waals surface area contributed by atoms with Gasteiger partial charge in [-0.2, -0.15) is 0 Å². The van der Waals surface area contributed by atoms with Crippen molar-refractivity contribution in [1.29, 1.82) is 0 Å². The van der Waals surface area contributed by atoms with Gasteiger partial charge in [-0.05, 0) is 25.3 Å². The molecule has 6 heteroatoms. The van der Waals surface area contributed by atoms with Gasteiger partial charge in [0.05, 0.1) is 6.61 Å². The number of carbonyl (C=O) groups is 1. The number of hydrogen-bond acceptors (Lipinski definition) is 3. The molecule has 0 aliphatic heterocycles. The summed E-state index contributed by atoms with van der Waals surface area (Å²) in [4.78, 5) is 11.1. The molecule has 1 fully saturated rings. The first-order chi connectivity index (χ1) is 10.5. The monoisotopic (exact) mass is 323 g/mol. The summed E-state index contributed by atoms with van der Waals surface area (Å²) in [7, 11) is -3.17. The molecule has 0 heterocycles. The molecule has 1 aliphatic rings. The van der Waals surface area contributed by atoms with Crippen molar-refractivity contribution in [2.45, 2.75) is 25.0 Å². The number of benzene rings is 1. The zero-order chi connectivity index (χ0) is 16.2. The highest BCUT2D eigenvalue weighted by atomic mass is 31.2. The molecule has 0 aromatic heterocycles. The number of amides is 1. The first-order valence-corrected chi connectivity index (χ1v) is 9.19. The second kappa shape index (κ2) is 6.67.